The summed E-state index contributed by atoms with van der Waals surface area (Å²) >= 11 is 0. The number of anilines is 1. The number of hydrogen-bond donors (Lipinski definition) is 1. The van der Waals surface area contributed by atoms with Crippen LogP contribution < -0.4 is 19.7 Å². The van der Waals surface area contributed by atoms with Crippen molar-refractivity contribution in [1.29, 1.82) is 0 Å². The first-order chi connectivity index (χ1) is 21.8. The minimum atomic E-state index is -3.02. The van der Waals surface area contributed by atoms with E-state index in [1.54, 1.807) is 37.4 Å². The molecule has 1 saturated heterocycles. The van der Waals surface area contributed by atoms with Crippen LogP contribution >= 0.6 is 0 Å². The molecule has 1 N–H and O–H groups in total. The highest BCUT2D eigenvalue weighted by molar-refractivity contribution is 6.04. The largest absolute Gasteiger partial charge is 0.484 e. The van der Waals surface area contributed by atoms with Crippen molar-refractivity contribution >= 4 is 23.4 Å². The quantitative estimate of drug-likeness (QED) is 0.290. The van der Waals surface area contributed by atoms with Crippen molar-refractivity contribution in [3.05, 3.63) is 83.4 Å². The molecule has 2 aliphatic rings. The number of likely N-dealkylation sites (tertiary alicyclic amines) is 1. The third-order valence-corrected chi connectivity index (χ3v) is 8.59. The predicted molar refractivity (Wildman–Crippen MR) is 164 cm³/mol. The fourth-order valence-electron chi connectivity index (χ4n) is 5.82. The lowest BCUT2D eigenvalue weighted by molar-refractivity contribution is -0.136. The number of amides is 3. The molecule has 5 rings (SSSR count). The lowest BCUT2D eigenvalue weighted by Crippen LogP contribution is -2.45. The van der Waals surface area contributed by atoms with Gasteiger partial charge in [0.05, 0.1) is 12.2 Å². The van der Waals surface area contributed by atoms with Crippen LogP contribution in [0.25, 0.3) is 0 Å². The van der Waals surface area contributed by atoms with Gasteiger partial charge in [0, 0.05) is 32.1 Å². The van der Waals surface area contributed by atoms with Crippen LogP contribution in [-0.2, 0) is 16.1 Å². The molecule has 2 aromatic carbocycles. The van der Waals surface area contributed by atoms with Crippen LogP contribution in [0.3, 0.4) is 0 Å². The molecule has 1 aromatic heterocycles. The number of nitrogens with zero attached hydrogens (tertiary/aromatic N) is 3. The summed E-state index contributed by atoms with van der Waals surface area (Å²) < 4.78 is 50.6. The smallest absolute Gasteiger partial charge is 0.387 e. The number of carbonyl (C=O) groups excluding carboxylic acids is 3. The normalized spacial score (nSPS) is 18.0. The van der Waals surface area contributed by atoms with E-state index in [1.807, 2.05) is 13.8 Å². The standard InChI is InChI=1S/C34H37F3N4O5/c1-20(42)41-19-22(21-8-15-29(45-33(36)37)30(17-21)46-34(2,3)23-9-10-23)16-28(41)31(43)38-18-25-6-5-7-27(39-25)32(44)40(4)26-13-11-24(35)12-14-26/h5-8,11-15,17,22-23,28,33H,9-10,16,18-19H2,1-4H3,(H,38,43)/t22?,28-/m1/s1. The van der Waals surface area contributed by atoms with Crippen molar-refractivity contribution in [2.45, 2.75) is 70.8 Å². The van der Waals surface area contributed by atoms with Crippen molar-refractivity contribution in [3.63, 3.8) is 0 Å². The van der Waals surface area contributed by atoms with Crippen LogP contribution in [0.1, 0.15) is 67.7 Å². The molecule has 0 radical (unpaired) electrons. The summed E-state index contributed by atoms with van der Waals surface area (Å²) in [7, 11) is 1.56. The van der Waals surface area contributed by atoms with Gasteiger partial charge in [0.25, 0.3) is 5.91 Å². The van der Waals surface area contributed by atoms with Crippen molar-refractivity contribution in [3.8, 4) is 11.5 Å². The molecule has 2 fully saturated rings. The maximum Gasteiger partial charge on any atom is 0.387 e. The SMILES string of the molecule is CC(=O)N1CC(c2ccc(OC(F)F)c(OC(C)(C)C3CC3)c2)C[C@@H]1C(=O)NCc1cccc(C(=O)N(C)c2ccc(F)cc2)n1. The third-order valence-electron chi connectivity index (χ3n) is 8.59. The molecular weight excluding hydrogens is 601 g/mol. The molecule has 0 spiro atoms. The monoisotopic (exact) mass is 638 g/mol. The Morgan fingerprint density at radius 3 is 2.43 bits per heavy atom. The second-order valence-electron chi connectivity index (χ2n) is 12.3. The van der Waals surface area contributed by atoms with E-state index >= 15 is 0 Å². The number of hydrogen-bond acceptors (Lipinski definition) is 6. The molecule has 0 bridgehead atoms. The van der Waals surface area contributed by atoms with E-state index in [0.29, 0.717) is 23.7 Å². The van der Waals surface area contributed by atoms with Gasteiger partial charge in [0.1, 0.15) is 23.2 Å². The van der Waals surface area contributed by atoms with Gasteiger partial charge in [-0.2, -0.15) is 8.78 Å². The molecule has 1 saturated carbocycles. The van der Waals surface area contributed by atoms with E-state index in [9.17, 15) is 27.6 Å². The molecule has 2 atom stereocenters. The molecule has 244 valence electrons. The first-order valence-electron chi connectivity index (χ1n) is 15.1. The van der Waals surface area contributed by atoms with Crippen LogP contribution in [0.15, 0.2) is 60.7 Å². The van der Waals surface area contributed by atoms with Gasteiger partial charge in [-0.15, -0.1) is 0 Å². The maximum atomic E-state index is 13.4. The molecular formula is C34H37F3N4O5. The zero-order valence-electron chi connectivity index (χ0n) is 26.1. The van der Waals surface area contributed by atoms with Gasteiger partial charge in [-0.25, -0.2) is 9.37 Å². The minimum absolute atomic E-state index is 0.0149. The van der Waals surface area contributed by atoms with E-state index in [4.69, 9.17) is 9.47 Å². The Labute approximate surface area is 265 Å². The highest BCUT2D eigenvalue weighted by Gasteiger charge is 2.42. The van der Waals surface area contributed by atoms with Crippen LogP contribution in [0.5, 0.6) is 11.5 Å². The summed E-state index contributed by atoms with van der Waals surface area (Å²) in [5.41, 5.74) is 1.24. The second kappa shape index (κ2) is 13.4. The van der Waals surface area contributed by atoms with E-state index in [2.05, 4.69) is 10.3 Å². The number of halogens is 3. The topological polar surface area (TPSA) is 101 Å². The molecule has 1 unspecified atom stereocenters. The molecule has 1 aliphatic carbocycles. The van der Waals surface area contributed by atoms with Crippen LogP contribution in [0.4, 0.5) is 18.9 Å². The molecule has 3 amide bonds. The van der Waals surface area contributed by atoms with Crippen molar-refractivity contribution < 1.29 is 37.0 Å². The first kappa shape index (κ1) is 32.8. The Balaban J connectivity index is 1.27. The maximum absolute atomic E-state index is 13.4. The van der Waals surface area contributed by atoms with Crippen molar-refractivity contribution in [1.82, 2.24) is 15.2 Å². The lowest BCUT2D eigenvalue weighted by atomic mass is 9.95. The zero-order chi connectivity index (χ0) is 33.2. The number of nitrogens with one attached hydrogen (secondary N) is 1. The average molecular weight is 639 g/mol. The van der Waals surface area contributed by atoms with Crippen LogP contribution in [-0.4, -0.2) is 59.5 Å². The van der Waals surface area contributed by atoms with E-state index in [0.717, 1.165) is 18.4 Å². The highest BCUT2D eigenvalue weighted by atomic mass is 19.3. The van der Waals surface area contributed by atoms with Crippen molar-refractivity contribution in [2.24, 2.45) is 5.92 Å². The highest BCUT2D eigenvalue weighted by Crippen LogP contribution is 2.45. The molecule has 9 nitrogen and oxygen atoms in total. The molecule has 1 aliphatic heterocycles. The van der Waals surface area contributed by atoms with Gasteiger partial charge in [-0.1, -0.05) is 12.1 Å². The summed E-state index contributed by atoms with van der Waals surface area (Å²) in [5, 5.41) is 2.83. The van der Waals surface area contributed by atoms with Gasteiger partial charge < -0.3 is 24.6 Å². The number of rotatable bonds is 11. The third kappa shape index (κ3) is 7.60. The van der Waals surface area contributed by atoms with E-state index in [-0.39, 0.29) is 48.0 Å². The molecule has 12 heteroatoms. The summed E-state index contributed by atoms with van der Waals surface area (Å²) in [6.45, 7) is 2.48. The predicted octanol–water partition coefficient (Wildman–Crippen LogP) is 5.69. The number of ether oxygens (including phenoxy) is 2. The number of alkyl halides is 2. The van der Waals surface area contributed by atoms with Gasteiger partial charge in [-0.3, -0.25) is 14.4 Å². The second-order valence-corrected chi connectivity index (χ2v) is 12.3. The van der Waals surface area contributed by atoms with Gasteiger partial charge >= 0.3 is 6.61 Å². The van der Waals surface area contributed by atoms with Gasteiger partial charge in [0.2, 0.25) is 11.8 Å². The van der Waals surface area contributed by atoms with Crippen LogP contribution in [0, 0.1) is 11.7 Å². The Morgan fingerprint density at radius 1 is 1.07 bits per heavy atom. The number of pyridine rings is 1. The average Bonchev–Trinajstić information content (AvgIpc) is 3.79. The minimum Gasteiger partial charge on any atom is -0.484 e. The molecule has 2 heterocycles. The summed E-state index contributed by atoms with van der Waals surface area (Å²) in [6, 6.07) is 14.4. The van der Waals surface area contributed by atoms with Crippen LogP contribution in [0.2, 0.25) is 0 Å². The Kier molecular flexibility index (Phi) is 9.55. The summed E-state index contributed by atoms with van der Waals surface area (Å²) in [4.78, 5) is 46.2. The number of carbonyl (C=O) groups is 3. The summed E-state index contributed by atoms with van der Waals surface area (Å²) in [5.74, 6) is -1.30. The molecule has 46 heavy (non-hydrogen) atoms. The lowest BCUT2D eigenvalue weighted by Gasteiger charge is -2.28. The summed E-state index contributed by atoms with van der Waals surface area (Å²) in [6.07, 6.45) is 2.29. The van der Waals surface area contributed by atoms with Gasteiger partial charge in [0.15, 0.2) is 11.5 Å². The number of benzene rings is 2. The first-order valence-corrected chi connectivity index (χ1v) is 15.1. The van der Waals surface area contributed by atoms with Gasteiger partial charge in [-0.05, 0) is 93.1 Å². The Morgan fingerprint density at radius 2 is 1.78 bits per heavy atom. The van der Waals surface area contributed by atoms with E-state index in [1.165, 1.54) is 47.1 Å². The zero-order valence-corrected chi connectivity index (χ0v) is 26.1. The van der Waals surface area contributed by atoms with E-state index < -0.39 is 30.0 Å². The fraction of sp³-hybridized carbons (Fsp3) is 0.412. The number of aromatic nitrogens is 1. The fourth-order valence-corrected chi connectivity index (χ4v) is 5.82. The Hall–Kier alpha value is -4.61. The molecule has 3 aromatic rings. The van der Waals surface area contributed by atoms with Crippen molar-refractivity contribution in [2.75, 3.05) is 18.5 Å². The Bertz CT molecular complexity index is 1600.